The summed E-state index contributed by atoms with van der Waals surface area (Å²) in [5, 5.41) is 12.0. The molecule has 1 N–H and O–H groups in total. The maximum atomic E-state index is 12.2. The number of nitrogens with one attached hydrogen (secondary N) is 1. The fraction of sp³-hybridized carbons (Fsp3) is 0.154. The zero-order chi connectivity index (χ0) is 14.5. The number of benzene rings is 1. The molecule has 0 unspecified atom stereocenters. The van der Waals surface area contributed by atoms with Crippen molar-refractivity contribution in [3.8, 4) is 6.07 Å². The van der Waals surface area contributed by atoms with Crippen molar-refractivity contribution < 1.29 is 4.79 Å². The lowest BCUT2D eigenvalue weighted by Gasteiger charge is -2.03. The number of halogens is 1. The number of carbonyl (C=O) groups excluding carboxylic acids is 1. The Morgan fingerprint density at radius 2 is 2.30 bits per heavy atom. The van der Waals surface area contributed by atoms with Crippen LogP contribution in [0, 0.1) is 21.8 Å². The molecule has 7 heteroatoms. The molecule has 1 aromatic heterocycles. The van der Waals surface area contributed by atoms with E-state index >= 15 is 0 Å². The summed E-state index contributed by atoms with van der Waals surface area (Å²) < 4.78 is 1.86. The first-order chi connectivity index (χ1) is 9.61. The highest BCUT2D eigenvalue weighted by Gasteiger charge is 2.13. The molecular formula is C13H10IN3OS2. The first-order valence-electron chi connectivity index (χ1n) is 5.65. The minimum absolute atomic E-state index is 0.166. The standard InChI is InChI=1S/C13H10IN3OS2/c1-8-12(19-7-6-15)20-13(16-8)17-11(18)9-4-2-3-5-10(9)14/h2-5H,7H2,1H3,(H,16,17,18). The third-order valence-electron chi connectivity index (χ3n) is 2.36. The van der Waals surface area contributed by atoms with E-state index in [9.17, 15) is 4.79 Å². The van der Waals surface area contributed by atoms with E-state index in [-0.39, 0.29) is 5.91 Å². The Hall–Kier alpha value is -1.11. The van der Waals surface area contributed by atoms with Crippen LogP contribution < -0.4 is 5.32 Å². The van der Waals surface area contributed by atoms with Crippen LogP contribution in [0.5, 0.6) is 0 Å². The highest BCUT2D eigenvalue weighted by Crippen LogP contribution is 2.32. The van der Waals surface area contributed by atoms with Crippen molar-refractivity contribution in [3.63, 3.8) is 0 Å². The van der Waals surface area contributed by atoms with E-state index in [2.05, 4.69) is 39.0 Å². The minimum atomic E-state index is -0.166. The van der Waals surface area contributed by atoms with Crippen LogP contribution in [-0.2, 0) is 0 Å². The predicted octanol–water partition coefficient (Wildman–Crippen LogP) is 3.92. The quantitative estimate of drug-likeness (QED) is 0.607. The summed E-state index contributed by atoms with van der Waals surface area (Å²) in [6.07, 6.45) is 0. The smallest absolute Gasteiger partial charge is 0.258 e. The van der Waals surface area contributed by atoms with Gasteiger partial charge >= 0.3 is 0 Å². The Labute approximate surface area is 138 Å². The molecule has 0 saturated carbocycles. The molecule has 1 heterocycles. The Bertz CT molecular complexity index is 678. The second-order valence-electron chi connectivity index (χ2n) is 3.77. The predicted molar refractivity (Wildman–Crippen MR) is 90.3 cm³/mol. The van der Waals surface area contributed by atoms with Crippen LogP contribution in [0.3, 0.4) is 0 Å². The third kappa shape index (κ3) is 3.71. The van der Waals surface area contributed by atoms with E-state index in [0.29, 0.717) is 16.4 Å². The van der Waals surface area contributed by atoms with Gasteiger partial charge in [-0.3, -0.25) is 10.1 Å². The fourth-order valence-corrected chi connectivity index (χ4v) is 3.90. The first kappa shape index (κ1) is 15.3. The van der Waals surface area contributed by atoms with Gasteiger partial charge in [0.15, 0.2) is 5.13 Å². The fourth-order valence-electron chi connectivity index (χ4n) is 1.48. The van der Waals surface area contributed by atoms with Crippen LogP contribution in [0.25, 0.3) is 0 Å². The molecule has 1 amide bonds. The van der Waals surface area contributed by atoms with Crippen molar-refractivity contribution in [3.05, 3.63) is 39.1 Å². The van der Waals surface area contributed by atoms with Gasteiger partial charge in [-0.05, 0) is 41.6 Å². The lowest BCUT2D eigenvalue weighted by molar-refractivity contribution is 0.102. The number of aromatic nitrogens is 1. The monoisotopic (exact) mass is 415 g/mol. The van der Waals surface area contributed by atoms with Crippen molar-refractivity contribution in [2.75, 3.05) is 11.1 Å². The van der Waals surface area contributed by atoms with E-state index in [4.69, 9.17) is 5.26 Å². The molecule has 0 spiro atoms. The van der Waals surface area contributed by atoms with Crippen molar-refractivity contribution in [2.45, 2.75) is 11.1 Å². The van der Waals surface area contributed by atoms with Crippen LogP contribution in [0.4, 0.5) is 5.13 Å². The highest BCUT2D eigenvalue weighted by molar-refractivity contribution is 14.1. The lowest BCUT2D eigenvalue weighted by atomic mass is 10.2. The number of hydrogen-bond acceptors (Lipinski definition) is 5. The number of hydrogen-bond donors (Lipinski definition) is 1. The zero-order valence-corrected chi connectivity index (χ0v) is 14.3. The second kappa shape index (κ2) is 7.06. The molecule has 2 aromatic rings. The van der Waals surface area contributed by atoms with Crippen LogP contribution in [0.1, 0.15) is 16.1 Å². The number of carbonyl (C=O) groups is 1. The average molecular weight is 415 g/mol. The molecule has 0 radical (unpaired) electrons. The number of nitriles is 1. The van der Waals surface area contributed by atoms with E-state index < -0.39 is 0 Å². The van der Waals surface area contributed by atoms with Gasteiger partial charge < -0.3 is 0 Å². The Balaban J connectivity index is 2.13. The minimum Gasteiger partial charge on any atom is -0.298 e. The van der Waals surface area contributed by atoms with Gasteiger partial charge in [-0.1, -0.05) is 35.2 Å². The number of amides is 1. The summed E-state index contributed by atoms with van der Waals surface area (Å²) in [4.78, 5) is 16.5. The highest BCUT2D eigenvalue weighted by atomic mass is 127. The summed E-state index contributed by atoms with van der Waals surface area (Å²) in [5.41, 5.74) is 1.47. The van der Waals surface area contributed by atoms with Crippen LogP contribution in [0.2, 0.25) is 0 Å². The molecule has 0 saturated heterocycles. The zero-order valence-electron chi connectivity index (χ0n) is 10.5. The van der Waals surface area contributed by atoms with Crippen LogP contribution in [-0.4, -0.2) is 16.6 Å². The van der Waals surface area contributed by atoms with Gasteiger partial charge in [0.1, 0.15) is 0 Å². The molecule has 0 fully saturated rings. The van der Waals surface area contributed by atoms with Gasteiger partial charge in [-0.2, -0.15) is 5.26 Å². The topological polar surface area (TPSA) is 65.8 Å². The average Bonchev–Trinajstić information content (AvgIpc) is 2.76. The number of thiazole rings is 1. The van der Waals surface area contributed by atoms with E-state index in [1.807, 2.05) is 25.1 Å². The molecular weight excluding hydrogens is 405 g/mol. The van der Waals surface area contributed by atoms with Gasteiger partial charge in [0.05, 0.1) is 27.3 Å². The van der Waals surface area contributed by atoms with Crippen molar-refractivity contribution in [2.24, 2.45) is 0 Å². The molecule has 20 heavy (non-hydrogen) atoms. The maximum Gasteiger partial charge on any atom is 0.258 e. The number of nitrogens with zero attached hydrogens (tertiary/aromatic N) is 2. The molecule has 4 nitrogen and oxygen atoms in total. The van der Waals surface area contributed by atoms with Crippen molar-refractivity contribution >= 4 is 56.7 Å². The normalized spacial score (nSPS) is 10.1. The van der Waals surface area contributed by atoms with Gasteiger partial charge in [0, 0.05) is 3.57 Å². The molecule has 0 bridgehead atoms. The second-order valence-corrected chi connectivity index (χ2v) is 7.18. The number of anilines is 1. The van der Waals surface area contributed by atoms with E-state index in [1.54, 1.807) is 6.07 Å². The lowest BCUT2D eigenvalue weighted by Crippen LogP contribution is -2.13. The van der Waals surface area contributed by atoms with Crippen LogP contribution in [0.15, 0.2) is 28.5 Å². The van der Waals surface area contributed by atoms with Crippen LogP contribution >= 0.6 is 45.7 Å². The number of thioether (sulfide) groups is 1. The SMILES string of the molecule is Cc1nc(NC(=O)c2ccccc2I)sc1SCC#N. The Kier molecular flexibility index (Phi) is 5.39. The molecule has 2 rings (SSSR count). The molecule has 0 aliphatic heterocycles. The molecule has 102 valence electrons. The number of aryl methyl sites for hydroxylation is 1. The summed E-state index contributed by atoms with van der Waals surface area (Å²) >= 11 is 4.96. The van der Waals surface area contributed by atoms with Crippen molar-refractivity contribution in [1.82, 2.24) is 4.98 Å². The summed E-state index contributed by atoms with van der Waals surface area (Å²) in [7, 11) is 0. The summed E-state index contributed by atoms with van der Waals surface area (Å²) in [6.45, 7) is 1.87. The van der Waals surface area contributed by atoms with E-state index in [1.165, 1.54) is 23.1 Å². The summed E-state index contributed by atoms with van der Waals surface area (Å²) in [6, 6.07) is 9.47. The van der Waals surface area contributed by atoms with Gasteiger partial charge in [0.25, 0.3) is 5.91 Å². The summed E-state index contributed by atoms with van der Waals surface area (Å²) in [5.74, 6) is 0.216. The molecule has 1 aromatic carbocycles. The van der Waals surface area contributed by atoms with Gasteiger partial charge in [-0.25, -0.2) is 4.98 Å². The third-order valence-corrected chi connectivity index (χ3v) is 5.60. The molecule has 0 aliphatic rings. The van der Waals surface area contributed by atoms with E-state index in [0.717, 1.165) is 13.5 Å². The largest absolute Gasteiger partial charge is 0.298 e. The Morgan fingerprint density at radius 1 is 1.55 bits per heavy atom. The molecule has 0 aliphatic carbocycles. The molecule has 0 atom stereocenters. The number of rotatable bonds is 4. The first-order valence-corrected chi connectivity index (χ1v) is 8.53. The Morgan fingerprint density at radius 3 is 3.00 bits per heavy atom. The van der Waals surface area contributed by atoms with Crippen molar-refractivity contribution in [1.29, 1.82) is 5.26 Å². The maximum absolute atomic E-state index is 12.2. The van der Waals surface area contributed by atoms with Gasteiger partial charge in [0.2, 0.25) is 0 Å². The van der Waals surface area contributed by atoms with Gasteiger partial charge in [-0.15, -0.1) is 0 Å².